The van der Waals surface area contributed by atoms with E-state index in [0.29, 0.717) is 42.7 Å². The van der Waals surface area contributed by atoms with Crippen LogP contribution in [0.15, 0.2) is 42.5 Å². The van der Waals surface area contributed by atoms with Gasteiger partial charge in [0.25, 0.3) is 0 Å². The number of benzene rings is 2. The summed E-state index contributed by atoms with van der Waals surface area (Å²) >= 11 is 0. The minimum atomic E-state index is -0.427. The van der Waals surface area contributed by atoms with Crippen molar-refractivity contribution in [3.63, 3.8) is 0 Å². The van der Waals surface area contributed by atoms with Crippen LogP contribution in [0.4, 0.5) is 10.1 Å². The number of methoxy groups -OCH3 is 1. The van der Waals surface area contributed by atoms with Gasteiger partial charge in [-0.3, -0.25) is 9.59 Å². The number of nitrogens with zero attached hydrogens (tertiary/aromatic N) is 1. The van der Waals surface area contributed by atoms with Gasteiger partial charge in [0, 0.05) is 24.6 Å². The standard InChI is InChI=1S/C23H25FN2O4/c1-29-20-8-7-16(9-21(20)30-14-15-5-6-15)17-10-23(28)26(12-17)13-22(27)25-19-4-2-3-18(24)11-19/h2-4,7-9,11,15,17H,5-6,10,12-14H2,1H3,(H,25,27)/t17-/m1/s1. The fourth-order valence-electron chi connectivity index (χ4n) is 3.64. The molecule has 2 fully saturated rings. The molecule has 0 radical (unpaired) electrons. The third kappa shape index (κ3) is 4.90. The highest BCUT2D eigenvalue weighted by Crippen LogP contribution is 2.37. The number of amides is 2. The number of halogens is 1. The first kappa shape index (κ1) is 20.2. The SMILES string of the molecule is COc1ccc([C@@H]2CC(=O)N(CC(=O)Nc3cccc(F)c3)C2)cc1OCC1CC1. The molecule has 158 valence electrons. The van der Waals surface area contributed by atoms with Gasteiger partial charge in [-0.1, -0.05) is 12.1 Å². The van der Waals surface area contributed by atoms with Crippen molar-refractivity contribution >= 4 is 17.5 Å². The highest BCUT2D eigenvalue weighted by atomic mass is 19.1. The van der Waals surface area contributed by atoms with Gasteiger partial charge in [-0.2, -0.15) is 0 Å². The Morgan fingerprint density at radius 1 is 1.20 bits per heavy atom. The summed E-state index contributed by atoms with van der Waals surface area (Å²) in [5, 5.41) is 2.63. The zero-order valence-corrected chi connectivity index (χ0v) is 16.9. The Morgan fingerprint density at radius 3 is 2.77 bits per heavy atom. The molecule has 1 aliphatic carbocycles. The normalized spacial score (nSPS) is 18.4. The largest absolute Gasteiger partial charge is 0.493 e. The molecule has 1 saturated carbocycles. The van der Waals surface area contributed by atoms with Crippen LogP contribution in [0.2, 0.25) is 0 Å². The Kier molecular flexibility index (Phi) is 5.88. The van der Waals surface area contributed by atoms with Gasteiger partial charge in [-0.05, 0) is 54.7 Å². The average molecular weight is 412 g/mol. The number of nitrogens with one attached hydrogen (secondary N) is 1. The summed E-state index contributed by atoms with van der Waals surface area (Å²) in [6.45, 7) is 1.06. The van der Waals surface area contributed by atoms with Crippen LogP contribution in [0.25, 0.3) is 0 Å². The third-order valence-electron chi connectivity index (χ3n) is 5.49. The second-order valence-electron chi connectivity index (χ2n) is 7.90. The van der Waals surface area contributed by atoms with Crippen LogP contribution in [-0.2, 0) is 9.59 Å². The Morgan fingerprint density at radius 2 is 2.03 bits per heavy atom. The van der Waals surface area contributed by atoms with Gasteiger partial charge in [-0.25, -0.2) is 4.39 Å². The van der Waals surface area contributed by atoms with E-state index < -0.39 is 5.82 Å². The number of likely N-dealkylation sites (tertiary alicyclic amines) is 1. The van der Waals surface area contributed by atoms with Gasteiger partial charge in [0.05, 0.1) is 20.3 Å². The Balaban J connectivity index is 1.38. The molecule has 2 aromatic carbocycles. The van der Waals surface area contributed by atoms with Crippen LogP contribution in [0, 0.1) is 11.7 Å². The molecular weight excluding hydrogens is 387 g/mol. The predicted molar refractivity (Wildman–Crippen MR) is 110 cm³/mol. The summed E-state index contributed by atoms with van der Waals surface area (Å²) in [5.41, 5.74) is 1.36. The van der Waals surface area contributed by atoms with Gasteiger partial charge in [0.2, 0.25) is 11.8 Å². The molecule has 0 unspecified atom stereocenters. The number of carbonyl (C=O) groups is 2. The number of anilines is 1. The zero-order valence-electron chi connectivity index (χ0n) is 16.9. The molecular formula is C23H25FN2O4. The molecule has 0 bridgehead atoms. The fourth-order valence-corrected chi connectivity index (χ4v) is 3.64. The van der Waals surface area contributed by atoms with Crippen molar-refractivity contribution in [2.45, 2.75) is 25.2 Å². The summed E-state index contributed by atoms with van der Waals surface area (Å²) in [7, 11) is 1.61. The molecule has 1 heterocycles. The van der Waals surface area contributed by atoms with E-state index in [-0.39, 0.29) is 24.3 Å². The molecule has 1 saturated heterocycles. The Hall–Kier alpha value is -3.09. The summed E-state index contributed by atoms with van der Waals surface area (Å²) in [5.74, 6) is 1.12. The maximum atomic E-state index is 13.3. The number of carbonyl (C=O) groups excluding carboxylic acids is 2. The van der Waals surface area contributed by atoms with Crippen LogP contribution < -0.4 is 14.8 Å². The summed E-state index contributed by atoms with van der Waals surface area (Å²) in [6.07, 6.45) is 2.74. The number of rotatable bonds is 8. The number of ether oxygens (including phenoxy) is 2. The van der Waals surface area contributed by atoms with Gasteiger partial charge in [0.15, 0.2) is 11.5 Å². The lowest BCUT2D eigenvalue weighted by Gasteiger charge is -2.17. The fraction of sp³-hybridized carbons (Fsp3) is 0.391. The van der Waals surface area contributed by atoms with E-state index in [9.17, 15) is 14.0 Å². The molecule has 30 heavy (non-hydrogen) atoms. The maximum Gasteiger partial charge on any atom is 0.243 e. The first-order chi connectivity index (χ1) is 14.5. The second-order valence-corrected chi connectivity index (χ2v) is 7.90. The van der Waals surface area contributed by atoms with E-state index in [1.165, 1.54) is 35.9 Å². The molecule has 0 aromatic heterocycles. The predicted octanol–water partition coefficient (Wildman–Crippen LogP) is 3.58. The smallest absolute Gasteiger partial charge is 0.243 e. The first-order valence-corrected chi connectivity index (χ1v) is 10.2. The number of hydrogen-bond donors (Lipinski definition) is 1. The van der Waals surface area contributed by atoms with E-state index in [1.807, 2.05) is 18.2 Å². The monoisotopic (exact) mass is 412 g/mol. The molecule has 1 N–H and O–H groups in total. The summed E-state index contributed by atoms with van der Waals surface area (Å²) < 4.78 is 24.6. The Bertz CT molecular complexity index is 945. The third-order valence-corrected chi connectivity index (χ3v) is 5.49. The zero-order chi connectivity index (χ0) is 21.1. The van der Waals surface area contributed by atoms with Crippen LogP contribution in [-0.4, -0.2) is 43.5 Å². The number of hydrogen-bond acceptors (Lipinski definition) is 4. The molecule has 0 spiro atoms. The second kappa shape index (κ2) is 8.73. The van der Waals surface area contributed by atoms with Crippen molar-refractivity contribution in [3.05, 3.63) is 53.8 Å². The van der Waals surface area contributed by atoms with E-state index >= 15 is 0 Å². The highest BCUT2D eigenvalue weighted by Gasteiger charge is 2.32. The van der Waals surface area contributed by atoms with E-state index in [2.05, 4.69) is 5.32 Å². The minimum absolute atomic E-state index is 0.0198. The lowest BCUT2D eigenvalue weighted by Crippen LogP contribution is -2.34. The molecule has 7 heteroatoms. The van der Waals surface area contributed by atoms with Gasteiger partial charge < -0.3 is 19.7 Å². The Labute approximate surface area is 175 Å². The van der Waals surface area contributed by atoms with Crippen LogP contribution >= 0.6 is 0 Å². The van der Waals surface area contributed by atoms with Gasteiger partial charge in [-0.15, -0.1) is 0 Å². The molecule has 2 aliphatic rings. The molecule has 2 aromatic rings. The van der Waals surface area contributed by atoms with E-state index in [4.69, 9.17) is 9.47 Å². The summed E-state index contributed by atoms with van der Waals surface area (Å²) in [4.78, 5) is 26.3. The first-order valence-electron chi connectivity index (χ1n) is 10.2. The van der Waals surface area contributed by atoms with Crippen molar-refractivity contribution in [2.75, 3.05) is 32.1 Å². The molecule has 2 amide bonds. The molecule has 1 atom stereocenters. The van der Waals surface area contributed by atoms with Crippen LogP contribution in [0.3, 0.4) is 0 Å². The van der Waals surface area contributed by atoms with Crippen molar-refractivity contribution in [1.82, 2.24) is 4.90 Å². The van der Waals surface area contributed by atoms with E-state index in [1.54, 1.807) is 13.2 Å². The van der Waals surface area contributed by atoms with Crippen molar-refractivity contribution in [1.29, 1.82) is 0 Å². The minimum Gasteiger partial charge on any atom is -0.493 e. The maximum absolute atomic E-state index is 13.3. The molecule has 6 nitrogen and oxygen atoms in total. The quantitative estimate of drug-likeness (QED) is 0.720. The lowest BCUT2D eigenvalue weighted by molar-refractivity contribution is -0.131. The van der Waals surface area contributed by atoms with E-state index in [0.717, 1.165) is 5.56 Å². The molecule has 4 rings (SSSR count). The highest BCUT2D eigenvalue weighted by molar-refractivity contribution is 5.95. The van der Waals surface area contributed by atoms with Crippen LogP contribution in [0.1, 0.15) is 30.7 Å². The van der Waals surface area contributed by atoms with Gasteiger partial charge in [0.1, 0.15) is 5.82 Å². The topological polar surface area (TPSA) is 67.9 Å². The van der Waals surface area contributed by atoms with Gasteiger partial charge >= 0.3 is 0 Å². The van der Waals surface area contributed by atoms with Crippen LogP contribution in [0.5, 0.6) is 11.5 Å². The molecule has 1 aliphatic heterocycles. The van der Waals surface area contributed by atoms with Crippen molar-refractivity contribution in [2.24, 2.45) is 5.92 Å². The lowest BCUT2D eigenvalue weighted by atomic mass is 9.98. The average Bonchev–Trinajstić information content (AvgIpc) is 3.48. The van der Waals surface area contributed by atoms with Crippen molar-refractivity contribution < 1.29 is 23.5 Å². The van der Waals surface area contributed by atoms with Crippen molar-refractivity contribution in [3.8, 4) is 11.5 Å². The summed E-state index contributed by atoms with van der Waals surface area (Å²) in [6, 6.07) is 11.4.